The summed E-state index contributed by atoms with van der Waals surface area (Å²) in [4.78, 5) is 33.4. The predicted molar refractivity (Wildman–Crippen MR) is 95.7 cm³/mol. The summed E-state index contributed by atoms with van der Waals surface area (Å²) in [6, 6.07) is 5.71. The number of carbonyl (C=O) groups excluding carboxylic acids is 2. The number of pyridine rings is 1. The second-order valence-corrected chi connectivity index (χ2v) is 7.10. The fourth-order valence-corrected chi connectivity index (χ4v) is 3.85. The van der Waals surface area contributed by atoms with Crippen LogP contribution in [0.4, 0.5) is 0 Å². The number of amides is 2. The number of aromatic nitrogens is 1. The van der Waals surface area contributed by atoms with Crippen LogP contribution in [0.1, 0.15) is 44.2 Å². The molecule has 0 aromatic carbocycles. The van der Waals surface area contributed by atoms with Crippen molar-refractivity contribution < 1.29 is 9.59 Å². The average Bonchev–Trinajstić information content (AvgIpc) is 2.65. The molecular weight excluding hydrogens is 316 g/mol. The number of hydrogen-bond donors (Lipinski definition) is 1. The van der Waals surface area contributed by atoms with Crippen LogP contribution in [0.3, 0.4) is 0 Å². The third-order valence-corrected chi connectivity index (χ3v) is 5.42. The Morgan fingerprint density at radius 1 is 1.32 bits per heavy atom. The summed E-state index contributed by atoms with van der Waals surface area (Å²) < 4.78 is 0. The van der Waals surface area contributed by atoms with Gasteiger partial charge in [0.2, 0.25) is 11.8 Å². The Morgan fingerprint density at radius 2 is 2.12 bits per heavy atom. The summed E-state index contributed by atoms with van der Waals surface area (Å²) in [6.45, 7) is 1.96. The molecular formula is C19H28N4O2. The third-order valence-electron chi connectivity index (χ3n) is 5.42. The average molecular weight is 344 g/mol. The topological polar surface area (TPSA) is 65.5 Å². The van der Waals surface area contributed by atoms with Crippen LogP contribution in [0, 0.1) is 0 Å². The van der Waals surface area contributed by atoms with E-state index in [1.807, 2.05) is 30.1 Å². The molecule has 0 bridgehead atoms. The smallest absolute Gasteiger partial charge is 0.237 e. The molecule has 1 saturated heterocycles. The fourth-order valence-electron chi connectivity index (χ4n) is 3.85. The number of carbonyl (C=O) groups is 2. The van der Waals surface area contributed by atoms with Gasteiger partial charge in [-0.2, -0.15) is 0 Å². The maximum atomic E-state index is 12.8. The quantitative estimate of drug-likeness (QED) is 0.880. The minimum Gasteiger partial charge on any atom is -0.353 e. The van der Waals surface area contributed by atoms with Crippen LogP contribution < -0.4 is 5.32 Å². The highest BCUT2D eigenvalue weighted by atomic mass is 16.2. The highest BCUT2D eigenvalue weighted by Crippen LogP contribution is 2.23. The standard InChI is InChI=1S/C19H28N4O2/c1-22(16-8-3-2-4-9-16)18(24)13-17-19(25)21-11-12-23(17)14-15-7-5-6-10-20-15/h5-7,10,16-17H,2-4,8-9,11-14H2,1H3,(H,21,25). The molecule has 2 heterocycles. The first-order valence-corrected chi connectivity index (χ1v) is 9.32. The molecule has 6 heteroatoms. The molecule has 0 radical (unpaired) electrons. The van der Waals surface area contributed by atoms with Crippen LogP contribution in [0.25, 0.3) is 0 Å². The number of rotatable bonds is 5. The lowest BCUT2D eigenvalue weighted by Gasteiger charge is -2.37. The lowest BCUT2D eigenvalue weighted by atomic mass is 9.94. The van der Waals surface area contributed by atoms with Crippen molar-refractivity contribution in [3.8, 4) is 0 Å². The molecule has 2 fully saturated rings. The van der Waals surface area contributed by atoms with E-state index in [4.69, 9.17) is 0 Å². The summed E-state index contributed by atoms with van der Waals surface area (Å²) in [5.41, 5.74) is 0.926. The zero-order chi connectivity index (χ0) is 17.6. The molecule has 0 spiro atoms. The van der Waals surface area contributed by atoms with E-state index in [1.165, 1.54) is 19.3 Å². The first-order valence-electron chi connectivity index (χ1n) is 9.32. The molecule has 1 aliphatic carbocycles. The molecule has 1 atom stereocenters. The Hall–Kier alpha value is -1.95. The van der Waals surface area contributed by atoms with Crippen molar-refractivity contribution in [1.82, 2.24) is 20.1 Å². The Kier molecular flexibility index (Phi) is 6.02. The van der Waals surface area contributed by atoms with E-state index < -0.39 is 6.04 Å². The summed E-state index contributed by atoms with van der Waals surface area (Å²) in [5.74, 6) is 0.0209. The Bertz CT molecular complexity index is 586. The maximum Gasteiger partial charge on any atom is 0.237 e. The molecule has 1 aromatic rings. The SMILES string of the molecule is CN(C(=O)CC1C(=O)NCCN1Cc1ccccn1)C1CCCCC1. The second kappa shape index (κ2) is 8.43. The molecule has 1 N–H and O–H groups in total. The summed E-state index contributed by atoms with van der Waals surface area (Å²) in [7, 11) is 1.89. The van der Waals surface area contributed by atoms with Crippen LogP contribution in [-0.2, 0) is 16.1 Å². The van der Waals surface area contributed by atoms with E-state index in [0.717, 1.165) is 25.1 Å². The van der Waals surface area contributed by atoms with Crippen LogP contribution in [-0.4, -0.2) is 58.8 Å². The van der Waals surface area contributed by atoms with Crippen molar-refractivity contribution in [3.63, 3.8) is 0 Å². The van der Waals surface area contributed by atoms with Gasteiger partial charge in [0.25, 0.3) is 0 Å². The monoisotopic (exact) mass is 344 g/mol. The first kappa shape index (κ1) is 17.9. The van der Waals surface area contributed by atoms with Gasteiger partial charge >= 0.3 is 0 Å². The van der Waals surface area contributed by atoms with Gasteiger partial charge in [-0.3, -0.25) is 19.5 Å². The predicted octanol–water partition coefficient (Wildman–Crippen LogP) is 1.56. The molecule has 2 aliphatic rings. The van der Waals surface area contributed by atoms with Gasteiger partial charge in [0.15, 0.2) is 0 Å². The van der Waals surface area contributed by atoms with Crippen molar-refractivity contribution in [1.29, 1.82) is 0 Å². The van der Waals surface area contributed by atoms with Crippen LogP contribution in [0.5, 0.6) is 0 Å². The van der Waals surface area contributed by atoms with Gasteiger partial charge < -0.3 is 10.2 Å². The molecule has 1 saturated carbocycles. The van der Waals surface area contributed by atoms with Crippen LogP contribution >= 0.6 is 0 Å². The Morgan fingerprint density at radius 3 is 2.84 bits per heavy atom. The van der Waals surface area contributed by atoms with Crippen molar-refractivity contribution in [3.05, 3.63) is 30.1 Å². The number of nitrogens with one attached hydrogen (secondary N) is 1. The highest BCUT2D eigenvalue weighted by molar-refractivity contribution is 5.88. The van der Waals surface area contributed by atoms with Gasteiger partial charge in [0, 0.05) is 38.9 Å². The molecule has 1 unspecified atom stereocenters. The molecule has 136 valence electrons. The molecule has 1 aromatic heterocycles. The lowest BCUT2D eigenvalue weighted by Crippen LogP contribution is -2.56. The van der Waals surface area contributed by atoms with E-state index in [9.17, 15) is 9.59 Å². The van der Waals surface area contributed by atoms with E-state index in [0.29, 0.717) is 19.1 Å². The highest BCUT2D eigenvalue weighted by Gasteiger charge is 2.33. The molecule has 25 heavy (non-hydrogen) atoms. The largest absolute Gasteiger partial charge is 0.353 e. The third kappa shape index (κ3) is 4.57. The van der Waals surface area contributed by atoms with Gasteiger partial charge in [-0.25, -0.2) is 0 Å². The van der Waals surface area contributed by atoms with Crippen LogP contribution in [0.2, 0.25) is 0 Å². The van der Waals surface area contributed by atoms with Crippen molar-refractivity contribution in [2.24, 2.45) is 0 Å². The van der Waals surface area contributed by atoms with Gasteiger partial charge in [0.1, 0.15) is 0 Å². The first-order chi connectivity index (χ1) is 12.1. The zero-order valence-corrected chi connectivity index (χ0v) is 15.0. The van der Waals surface area contributed by atoms with Gasteiger partial charge in [-0.1, -0.05) is 25.3 Å². The van der Waals surface area contributed by atoms with Crippen molar-refractivity contribution in [2.45, 2.75) is 57.2 Å². The molecule has 1 aliphatic heterocycles. The Labute approximate surface area is 149 Å². The number of hydrogen-bond acceptors (Lipinski definition) is 4. The summed E-state index contributed by atoms with van der Waals surface area (Å²) in [5, 5.41) is 2.90. The maximum absolute atomic E-state index is 12.8. The molecule has 6 nitrogen and oxygen atoms in total. The minimum atomic E-state index is -0.408. The molecule has 2 amide bonds. The van der Waals surface area contributed by atoms with Gasteiger partial charge in [-0.15, -0.1) is 0 Å². The summed E-state index contributed by atoms with van der Waals surface area (Å²) >= 11 is 0. The van der Waals surface area contributed by atoms with Crippen molar-refractivity contribution >= 4 is 11.8 Å². The van der Waals surface area contributed by atoms with Gasteiger partial charge in [-0.05, 0) is 25.0 Å². The van der Waals surface area contributed by atoms with E-state index in [2.05, 4.69) is 15.2 Å². The van der Waals surface area contributed by atoms with E-state index >= 15 is 0 Å². The lowest BCUT2D eigenvalue weighted by molar-refractivity contribution is -0.140. The van der Waals surface area contributed by atoms with E-state index in [-0.39, 0.29) is 18.2 Å². The fraction of sp³-hybridized carbons (Fsp3) is 0.632. The summed E-state index contributed by atoms with van der Waals surface area (Å²) in [6.07, 6.45) is 7.81. The van der Waals surface area contributed by atoms with Crippen molar-refractivity contribution in [2.75, 3.05) is 20.1 Å². The second-order valence-electron chi connectivity index (χ2n) is 7.10. The molecule has 3 rings (SSSR count). The van der Waals surface area contributed by atoms with E-state index in [1.54, 1.807) is 6.20 Å². The number of piperazine rings is 1. The minimum absolute atomic E-state index is 0.0485. The zero-order valence-electron chi connectivity index (χ0n) is 15.0. The Balaban J connectivity index is 1.64. The normalized spacial score (nSPS) is 22.4. The van der Waals surface area contributed by atoms with Gasteiger partial charge in [0.05, 0.1) is 18.2 Å². The van der Waals surface area contributed by atoms with Crippen LogP contribution in [0.15, 0.2) is 24.4 Å². The number of nitrogens with zero attached hydrogens (tertiary/aromatic N) is 3.